The molecule has 104 valence electrons. The molecule has 1 heteroatoms. The molecule has 0 heterocycles. The van der Waals surface area contributed by atoms with Crippen molar-refractivity contribution in [1.82, 2.24) is 4.90 Å². The Balaban J connectivity index is 2.19. The maximum atomic E-state index is 2.20. The van der Waals surface area contributed by atoms with Gasteiger partial charge < -0.3 is 4.90 Å². The Kier molecular flexibility index (Phi) is 3.74. The molecule has 1 nitrogen and oxygen atoms in total. The monoisotopic (exact) mass is 273 g/mol. The molecule has 3 rings (SSSR count). The van der Waals surface area contributed by atoms with E-state index in [0.717, 1.165) is 0 Å². The third-order valence-electron chi connectivity index (χ3n) is 3.59. The maximum absolute atomic E-state index is 2.20. The maximum Gasteiger partial charge on any atom is 0.00556 e. The van der Waals surface area contributed by atoms with Gasteiger partial charge in [-0.3, -0.25) is 0 Å². The minimum atomic E-state index is 1.26. The molecule has 0 radical (unpaired) electrons. The summed E-state index contributed by atoms with van der Waals surface area (Å²) in [7, 11) is 4.07. The van der Waals surface area contributed by atoms with Gasteiger partial charge in [0, 0.05) is 14.1 Å². The SMILES string of the molecule is CN(C)/C=C/C=C1c2ccccc2C=Cc2ccccc21. The number of nitrogens with zero attached hydrogens (tertiary/aromatic N) is 1. The molecule has 0 fully saturated rings. The van der Waals surface area contributed by atoms with Crippen LogP contribution >= 0.6 is 0 Å². The van der Waals surface area contributed by atoms with E-state index in [9.17, 15) is 0 Å². The lowest BCUT2D eigenvalue weighted by Crippen LogP contribution is -1.99. The number of allylic oxidation sites excluding steroid dienone is 2. The van der Waals surface area contributed by atoms with E-state index in [1.165, 1.54) is 27.8 Å². The average Bonchev–Trinajstić information content (AvgIpc) is 2.65. The summed E-state index contributed by atoms with van der Waals surface area (Å²) in [4.78, 5) is 2.05. The average molecular weight is 273 g/mol. The van der Waals surface area contributed by atoms with Crippen molar-refractivity contribution < 1.29 is 0 Å². The van der Waals surface area contributed by atoms with E-state index in [4.69, 9.17) is 0 Å². The highest BCUT2D eigenvalue weighted by atomic mass is 15.0. The van der Waals surface area contributed by atoms with Gasteiger partial charge in [-0.15, -0.1) is 0 Å². The Morgan fingerprint density at radius 3 is 1.81 bits per heavy atom. The Morgan fingerprint density at radius 1 is 0.762 bits per heavy atom. The van der Waals surface area contributed by atoms with Crippen LogP contribution in [-0.4, -0.2) is 19.0 Å². The second kappa shape index (κ2) is 5.84. The highest BCUT2D eigenvalue weighted by molar-refractivity contribution is 5.94. The molecule has 1 aliphatic carbocycles. The lowest BCUT2D eigenvalue weighted by Gasteiger charge is -2.11. The van der Waals surface area contributed by atoms with Crippen molar-refractivity contribution in [2.75, 3.05) is 14.1 Å². The second-order valence-corrected chi connectivity index (χ2v) is 5.39. The fourth-order valence-corrected chi connectivity index (χ4v) is 2.59. The zero-order valence-electron chi connectivity index (χ0n) is 12.5. The molecule has 0 saturated heterocycles. The molecule has 0 bridgehead atoms. The number of hydrogen-bond acceptors (Lipinski definition) is 1. The van der Waals surface area contributed by atoms with Gasteiger partial charge in [0.1, 0.15) is 0 Å². The molecule has 0 aliphatic heterocycles. The van der Waals surface area contributed by atoms with Crippen molar-refractivity contribution in [1.29, 1.82) is 0 Å². The topological polar surface area (TPSA) is 3.24 Å². The highest BCUT2D eigenvalue weighted by Gasteiger charge is 2.13. The van der Waals surface area contributed by atoms with Crippen molar-refractivity contribution in [3.8, 4) is 0 Å². The zero-order chi connectivity index (χ0) is 14.7. The molecule has 0 amide bonds. The van der Waals surface area contributed by atoms with E-state index in [1.54, 1.807) is 0 Å². The van der Waals surface area contributed by atoms with Gasteiger partial charge in [-0.05, 0) is 40.1 Å². The molecular weight excluding hydrogens is 254 g/mol. The van der Waals surface area contributed by atoms with E-state index >= 15 is 0 Å². The van der Waals surface area contributed by atoms with Gasteiger partial charge in [0.2, 0.25) is 0 Å². The van der Waals surface area contributed by atoms with Crippen LogP contribution in [0.25, 0.3) is 17.7 Å². The number of fused-ring (bicyclic) bond motifs is 2. The van der Waals surface area contributed by atoms with E-state index < -0.39 is 0 Å². The molecule has 2 aromatic rings. The van der Waals surface area contributed by atoms with Crippen molar-refractivity contribution in [3.63, 3.8) is 0 Å². The Hall–Kier alpha value is -2.54. The zero-order valence-corrected chi connectivity index (χ0v) is 12.5. The van der Waals surface area contributed by atoms with Gasteiger partial charge in [0.25, 0.3) is 0 Å². The lowest BCUT2D eigenvalue weighted by atomic mass is 9.93. The van der Waals surface area contributed by atoms with Gasteiger partial charge in [0.15, 0.2) is 0 Å². The number of benzene rings is 2. The number of hydrogen-bond donors (Lipinski definition) is 0. The first-order chi connectivity index (χ1) is 10.3. The van der Waals surface area contributed by atoms with Gasteiger partial charge >= 0.3 is 0 Å². The summed E-state index contributed by atoms with van der Waals surface area (Å²) in [5.41, 5.74) is 6.35. The predicted molar refractivity (Wildman–Crippen MR) is 91.7 cm³/mol. The van der Waals surface area contributed by atoms with E-state index in [-0.39, 0.29) is 0 Å². The summed E-state index contributed by atoms with van der Waals surface area (Å²) in [5, 5.41) is 0. The van der Waals surface area contributed by atoms with Crippen molar-refractivity contribution in [2.45, 2.75) is 0 Å². The van der Waals surface area contributed by atoms with Gasteiger partial charge in [-0.25, -0.2) is 0 Å². The van der Waals surface area contributed by atoms with Crippen LogP contribution in [0.2, 0.25) is 0 Å². The van der Waals surface area contributed by atoms with Crippen molar-refractivity contribution in [2.24, 2.45) is 0 Å². The third kappa shape index (κ3) is 2.82. The van der Waals surface area contributed by atoms with Crippen LogP contribution in [0.3, 0.4) is 0 Å². The molecule has 0 saturated carbocycles. The normalized spacial score (nSPS) is 12.8. The summed E-state index contributed by atoms with van der Waals surface area (Å²) in [6.07, 6.45) is 10.8. The van der Waals surface area contributed by atoms with Crippen LogP contribution in [0.15, 0.2) is 66.9 Å². The minimum absolute atomic E-state index is 1.26. The Labute approximate surface area is 126 Å². The van der Waals surface area contributed by atoms with Crippen molar-refractivity contribution >= 4 is 17.7 Å². The molecule has 0 unspecified atom stereocenters. The van der Waals surface area contributed by atoms with Crippen molar-refractivity contribution in [3.05, 3.63) is 89.1 Å². The molecule has 0 spiro atoms. The van der Waals surface area contributed by atoms with Gasteiger partial charge in [-0.1, -0.05) is 66.8 Å². The molecule has 21 heavy (non-hydrogen) atoms. The van der Waals surface area contributed by atoms with Crippen LogP contribution in [0.1, 0.15) is 22.3 Å². The summed E-state index contributed by atoms with van der Waals surface area (Å²) in [6.45, 7) is 0. The fourth-order valence-electron chi connectivity index (χ4n) is 2.59. The van der Waals surface area contributed by atoms with Crippen LogP contribution in [-0.2, 0) is 0 Å². The Morgan fingerprint density at radius 2 is 1.29 bits per heavy atom. The number of rotatable bonds is 2. The fraction of sp³-hybridized carbons (Fsp3) is 0.100. The van der Waals surface area contributed by atoms with Crippen LogP contribution in [0.5, 0.6) is 0 Å². The summed E-state index contributed by atoms with van der Waals surface area (Å²) in [6, 6.07) is 17.1. The Bertz CT molecular complexity index is 682. The van der Waals surface area contributed by atoms with Crippen LogP contribution in [0.4, 0.5) is 0 Å². The van der Waals surface area contributed by atoms with E-state index in [1.807, 2.05) is 19.0 Å². The first kappa shape index (κ1) is 13.4. The first-order valence-corrected chi connectivity index (χ1v) is 7.17. The first-order valence-electron chi connectivity index (χ1n) is 7.17. The quantitative estimate of drug-likeness (QED) is 0.655. The molecular formula is C20H19N. The van der Waals surface area contributed by atoms with Crippen LogP contribution in [0, 0.1) is 0 Å². The summed E-state index contributed by atoms with van der Waals surface area (Å²) in [5.74, 6) is 0. The van der Waals surface area contributed by atoms with E-state index in [0.29, 0.717) is 0 Å². The lowest BCUT2D eigenvalue weighted by molar-refractivity contribution is 0.564. The molecule has 2 aromatic carbocycles. The molecule has 0 atom stereocenters. The third-order valence-corrected chi connectivity index (χ3v) is 3.59. The predicted octanol–water partition coefficient (Wildman–Crippen LogP) is 4.68. The standard InChI is InChI=1S/C20H19N/c1-21(2)15-7-12-20-18-10-5-3-8-16(18)13-14-17-9-4-6-11-19(17)20/h3-15H,1-2H3/b15-7+. The molecule has 1 aliphatic rings. The molecule has 0 N–H and O–H groups in total. The van der Waals surface area contributed by atoms with Gasteiger partial charge in [-0.2, -0.15) is 0 Å². The summed E-state index contributed by atoms with van der Waals surface area (Å²) < 4.78 is 0. The largest absolute Gasteiger partial charge is 0.383 e. The van der Waals surface area contributed by atoms with Gasteiger partial charge in [0.05, 0.1) is 0 Å². The second-order valence-electron chi connectivity index (χ2n) is 5.39. The highest BCUT2D eigenvalue weighted by Crippen LogP contribution is 2.33. The summed E-state index contributed by atoms with van der Waals surface area (Å²) >= 11 is 0. The smallest absolute Gasteiger partial charge is 0.00556 e. The molecule has 0 aromatic heterocycles. The van der Waals surface area contributed by atoms with Crippen LogP contribution < -0.4 is 0 Å². The minimum Gasteiger partial charge on any atom is -0.383 e. The van der Waals surface area contributed by atoms with E-state index in [2.05, 4.69) is 79.0 Å².